The van der Waals surface area contributed by atoms with Gasteiger partial charge in [-0.05, 0) is 48.5 Å². The first-order chi connectivity index (χ1) is 14.0. The van der Waals surface area contributed by atoms with Crippen LogP contribution in [-0.2, 0) is 4.84 Å². The molecule has 1 aromatic heterocycles. The fourth-order valence-corrected chi connectivity index (χ4v) is 2.13. The van der Waals surface area contributed by atoms with Crippen molar-refractivity contribution in [3.8, 4) is 0 Å². The van der Waals surface area contributed by atoms with Gasteiger partial charge in [0, 0.05) is 24.5 Å². The molecule has 0 atom stereocenters. The number of nitrogens with one attached hydrogen (secondary N) is 1. The molecule has 0 aliphatic carbocycles. The molecule has 1 amide bonds. The van der Waals surface area contributed by atoms with Crippen molar-refractivity contribution >= 4 is 28.9 Å². The number of anilines is 1. The van der Waals surface area contributed by atoms with Crippen LogP contribution in [0.15, 0.2) is 83.3 Å². The van der Waals surface area contributed by atoms with Crippen molar-refractivity contribution in [1.29, 1.82) is 0 Å². The van der Waals surface area contributed by atoms with Crippen LogP contribution in [0.5, 0.6) is 0 Å². The second-order valence-corrected chi connectivity index (χ2v) is 5.59. The van der Waals surface area contributed by atoms with Gasteiger partial charge < -0.3 is 4.84 Å². The van der Waals surface area contributed by atoms with Crippen molar-refractivity contribution in [1.82, 2.24) is 4.98 Å². The molecule has 3 aromatic rings. The van der Waals surface area contributed by atoms with Gasteiger partial charge in [0.2, 0.25) is 0 Å². The van der Waals surface area contributed by atoms with Gasteiger partial charge in [-0.2, -0.15) is 0 Å². The number of pyridine rings is 1. The summed E-state index contributed by atoms with van der Waals surface area (Å²) < 4.78 is 0. The van der Waals surface area contributed by atoms with Crippen molar-refractivity contribution in [3.63, 3.8) is 0 Å². The summed E-state index contributed by atoms with van der Waals surface area (Å²) in [5.74, 6) is -1.22. The molecular weight excluding hydrogens is 378 g/mol. The molecule has 2 aromatic carbocycles. The van der Waals surface area contributed by atoms with Crippen LogP contribution < -0.4 is 5.48 Å². The Morgan fingerprint density at radius 2 is 1.72 bits per heavy atom. The predicted octanol–water partition coefficient (Wildman–Crippen LogP) is 4.10. The Labute approximate surface area is 164 Å². The average Bonchev–Trinajstić information content (AvgIpc) is 2.77. The zero-order valence-electron chi connectivity index (χ0n) is 14.8. The number of benzene rings is 2. The number of azo groups is 1. The summed E-state index contributed by atoms with van der Waals surface area (Å²) >= 11 is 0. The highest BCUT2D eigenvalue weighted by Gasteiger charge is 2.11. The fraction of sp³-hybridized carbons (Fsp3) is 0. The van der Waals surface area contributed by atoms with E-state index < -0.39 is 16.8 Å². The Morgan fingerprint density at radius 1 is 1.00 bits per heavy atom. The third kappa shape index (κ3) is 5.26. The molecule has 0 saturated carbocycles. The SMILES string of the molecule is O=C(N=Nc1ccc(NOC(=O)c2ccc([N+](=O)[O-])cc2)cc1)c1cccnc1. The van der Waals surface area contributed by atoms with E-state index in [0.29, 0.717) is 16.9 Å². The topological polar surface area (TPSA) is 136 Å². The van der Waals surface area contributed by atoms with Crippen LogP contribution in [0.2, 0.25) is 0 Å². The van der Waals surface area contributed by atoms with E-state index >= 15 is 0 Å². The van der Waals surface area contributed by atoms with Gasteiger partial charge in [0.25, 0.3) is 11.6 Å². The highest BCUT2D eigenvalue weighted by atomic mass is 16.7. The maximum Gasteiger partial charge on any atom is 0.362 e. The van der Waals surface area contributed by atoms with E-state index in [1.807, 2.05) is 0 Å². The minimum atomic E-state index is -0.703. The number of nitro benzene ring substituents is 1. The molecule has 0 saturated heterocycles. The van der Waals surface area contributed by atoms with Crippen LogP contribution in [0, 0.1) is 10.1 Å². The summed E-state index contributed by atoms with van der Waals surface area (Å²) in [5, 5.41) is 18.1. The van der Waals surface area contributed by atoms with Gasteiger partial charge >= 0.3 is 5.97 Å². The van der Waals surface area contributed by atoms with Crippen LogP contribution in [0.1, 0.15) is 20.7 Å². The lowest BCUT2D eigenvalue weighted by molar-refractivity contribution is -0.384. The molecule has 1 heterocycles. The largest absolute Gasteiger partial charge is 0.362 e. The number of aromatic nitrogens is 1. The molecule has 0 aliphatic rings. The van der Waals surface area contributed by atoms with Crippen LogP contribution in [0.25, 0.3) is 0 Å². The van der Waals surface area contributed by atoms with Gasteiger partial charge in [-0.1, -0.05) is 0 Å². The Balaban J connectivity index is 1.55. The Hall–Kier alpha value is -4.47. The summed E-state index contributed by atoms with van der Waals surface area (Å²) in [6.07, 6.45) is 2.95. The molecule has 3 rings (SSSR count). The first kappa shape index (κ1) is 19.3. The molecule has 0 bridgehead atoms. The van der Waals surface area contributed by atoms with Gasteiger partial charge in [-0.15, -0.1) is 10.2 Å². The second kappa shape index (κ2) is 8.95. The summed E-state index contributed by atoms with van der Waals surface area (Å²) in [5.41, 5.74) is 3.71. The van der Waals surface area contributed by atoms with Gasteiger partial charge in [-0.3, -0.25) is 19.9 Å². The molecule has 0 radical (unpaired) electrons. The van der Waals surface area contributed by atoms with Crippen molar-refractivity contribution in [3.05, 3.63) is 94.3 Å². The highest BCUT2D eigenvalue weighted by Crippen LogP contribution is 2.18. The van der Waals surface area contributed by atoms with Gasteiger partial charge in [-0.25, -0.2) is 10.3 Å². The third-order valence-electron chi connectivity index (χ3n) is 3.61. The first-order valence-corrected chi connectivity index (χ1v) is 8.21. The number of hydrogen-bond acceptors (Lipinski definition) is 8. The normalized spacial score (nSPS) is 10.5. The quantitative estimate of drug-likeness (QED) is 0.379. The number of carbonyl (C=O) groups excluding carboxylic acids is 2. The van der Waals surface area contributed by atoms with E-state index in [9.17, 15) is 19.7 Å². The Morgan fingerprint density at radius 3 is 2.34 bits per heavy atom. The van der Waals surface area contributed by atoms with Crippen molar-refractivity contribution in [2.75, 3.05) is 5.48 Å². The molecule has 10 nitrogen and oxygen atoms in total. The third-order valence-corrected chi connectivity index (χ3v) is 3.61. The molecule has 144 valence electrons. The van der Waals surface area contributed by atoms with Crippen LogP contribution in [-0.4, -0.2) is 21.8 Å². The summed E-state index contributed by atoms with van der Waals surface area (Å²) in [4.78, 5) is 42.6. The number of rotatable bonds is 6. The molecule has 0 spiro atoms. The van der Waals surface area contributed by atoms with E-state index in [4.69, 9.17) is 4.84 Å². The molecule has 0 fully saturated rings. The number of hydrogen-bond donors (Lipinski definition) is 1. The number of nitrogens with zero attached hydrogens (tertiary/aromatic N) is 4. The molecule has 29 heavy (non-hydrogen) atoms. The molecular formula is C19H13N5O5. The van der Waals surface area contributed by atoms with E-state index in [1.165, 1.54) is 30.5 Å². The Bertz CT molecular complexity index is 1050. The highest BCUT2D eigenvalue weighted by molar-refractivity contribution is 5.94. The minimum absolute atomic E-state index is 0.124. The molecule has 1 N–H and O–H groups in total. The van der Waals surface area contributed by atoms with Gasteiger partial charge in [0.1, 0.15) is 0 Å². The van der Waals surface area contributed by atoms with E-state index in [0.717, 1.165) is 0 Å². The summed E-state index contributed by atoms with van der Waals surface area (Å²) in [7, 11) is 0. The lowest BCUT2D eigenvalue weighted by Gasteiger charge is -2.06. The zero-order chi connectivity index (χ0) is 20.6. The van der Waals surface area contributed by atoms with Crippen molar-refractivity contribution in [2.45, 2.75) is 0 Å². The lowest BCUT2D eigenvalue weighted by atomic mass is 10.2. The number of amides is 1. The van der Waals surface area contributed by atoms with E-state index in [2.05, 4.69) is 20.7 Å². The van der Waals surface area contributed by atoms with E-state index in [-0.39, 0.29) is 11.3 Å². The summed E-state index contributed by atoms with van der Waals surface area (Å²) in [6.45, 7) is 0. The number of carbonyl (C=O) groups is 2. The first-order valence-electron chi connectivity index (χ1n) is 8.21. The second-order valence-electron chi connectivity index (χ2n) is 5.59. The smallest absolute Gasteiger partial charge is 0.338 e. The predicted molar refractivity (Wildman–Crippen MR) is 102 cm³/mol. The summed E-state index contributed by atoms with van der Waals surface area (Å²) in [6, 6.07) is 14.5. The fourth-order valence-electron chi connectivity index (χ4n) is 2.13. The average molecular weight is 391 g/mol. The van der Waals surface area contributed by atoms with Gasteiger partial charge in [0.05, 0.1) is 27.4 Å². The van der Waals surface area contributed by atoms with Gasteiger partial charge in [0.15, 0.2) is 0 Å². The van der Waals surface area contributed by atoms with E-state index in [1.54, 1.807) is 42.6 Å². The number of nitro groups is 1. The maximum atomic E-state index is 11.9. The minimum Gasteiger partial charge on any atom is -0.338 e. The zero-order valence-corrected chi connectivity index (χ0v) is 14.8. The number of non-ortho nitro benzene ring substituents is 1. The monoisotopic (exact) mass is 391 g/mol. The standard InChI is InChI=1S/C19H13N5O5/c25-18(14-2-1-11-20-12-14)22-21-15-5-7-16(8-6-15)23-29-19(26)13-3-9-17(10-4-13)24(27)28/h1-12,23H. The Kier molecular flexibility index (Phi) is 5.96. The maximum absolute atomic E-state index is 11.9. The lowest BCUT2D eigenvalue weighted by Crippen LogP contribution is -2.10. The molecule has 10 heteroatoms. The van der Waals surface area contributed by atoms with Crippen molar-refractivity contribution < 1.29 is 19.3 Å². The van der Waals surface area contributed by atoms with Crippen LogP contribution in [0.4, 0.5) is 17.1 Å². The van der Waals surface area contributed by atoms with Crippen LogP contribution in [0.3, 0.4) is 0 Å². The molecule has 0 unspecified atom stereocenters. The van der Waals surface area contributed by atoms with Crippen LogP contribution >= 0.6 is 0 Å². The molecule has 0 aliphatic heterocycles. The van der Waals surface area contributed by atoms with Crippen molar-refractivity contribution in [2.24, 2.45) is 10.2 Å².